The smallest absolute Gasteiger partial charge is 0.274 e. The summed E-state index contributed by atoms with van der Waals surface area (Å²) >= 11 is 7.31. The van der Waals surface area contributed by atoms with Crippen LogP contribution in [0, 0.1) is 0 Å². The van der Waals surface area contributed by atoms with E-state index in [1.807, 2.05) is 12.1 Å². The van der Waals surface area contributed by atoms with Crippen molar-refractivity contribution in [1.82, 2.24) is 14.4 Å². The number of aromatic nitrogens is 3. The van der Waals surface area contributed by atoms with Crippen LogP contribution < -0.4 is 14.8 Å². The highest BCUT2D eigenvalue weighted by Gasteiger charge is 2.12. The Labute approximate surface area is 173 Å². The predicted octanol–water partition coefficient (Wildman–Crippen LogP) is 3.46. The van der Waals surface area contributed by atoms with Gasteiger partial charge >= 0.3 is 0 Å². The van der Waals surface area contributed by atoms with E-state index in [9.17, 15) is 14.3 Å². The van der Waals surface area contributed by atoms with Gasteiger partial charge in [-0.1, -0.05) is 22.9 Å². The van der Waals surface area contributed by atoms with Gasteiger partial charge in [0.1, 0.15) is 0 Å². The molecule has 0 bridgehead atoms. The first-order valence-electron chi connectivity index (χ1n) is 8.72. The molecule has 0 aliphatic heterocycles. The van der Waals surface area contributed by atoms with E-state index < -0.39 is 6.67 Å². The molecule has 6 nitrogen and oxygen atoms in total. The number of pyridine rings is 1. The van der Waals surface area contributed by atoms with Crippen molar-refractivity contribution in [3.63, 3.8) is 0 Å². The fraction of sp³-hybridized carbons (Fsp3) is 0.150. The second kappa shape index (κ2) is 8.18. The molecule has 0 atom stereocenters. The van der Waals surface area contributed by atoms with E-state index in [-0.39, 0.29) is 35.1 Å². The lowest BCUT2D eigenvalue weighted by molar-refractivity contribution is 0.277. The van der Waals surface area contributed by atoms with Crippen molar-refractivity contribution in [2.45, 2.75) is 6.42 Å². The van der Waals surface area contributed by atoms with Gasteiger partial charge in [-0.25, -0.2) is 4.98 Å². The van der Waals surface area contributed by atoms with Gasteiger partial charge in [0.05, 0.1) is 28.5 Å². The molecule has 0 fully saturated rings. The van der Waals surface area contributed by atoms with Gasteiger partial charge in [0, 0.05) is 30.6 Å². The third-order valence-corrected chi connectivity index (χ3v) is 5.44. The standard InChI is InChI=1S/C20H15ClFN3O3S/c21-14-8-12(9-16(18(14)26)28-7-1-4-22)10-17-19(27)25-11-15(24-20(25)29-17)13-2-5-23-6-3-13/h2-3,5-6,8-11,26H,1,4,7H2/b17-10-. The average Bonchev–Trinajstić information content (AvgIpc) is 3.26. The fourth-order valence-corrected chi connectivity index (χ4v) is 3.94. The van der Waals surface area contributed by atoms with Crippen molar-refractivity contribution in [2.75, 3.05) is 13.3 Å². The number of phenolic OH excluding ortho intramolecular Hbond substituents is 1. The molecular weight excluding hydrogens is 417 g/mol. The van der Waals surface area contributed by atoms with Crippen LogP contribution in [0.15, 0.2) is 47.7 Å². The van der Waals surface area contributed by atoms with Crippen LogP contribution in [0.25, 0.3) is 22.3 Å². The Balaban J connectivity index is 1.72. The van der Waals surface area contributed by atoms with Crippen LogP contribution in [0.4, 0.5) is 4.39 Å². The van der Waals surface area contributed by atoms with E-state index in [4.69, 9.17) is 16.3 Å². The Morgan fingerprint density at radius 3 is 2.83 bits per heavy atom. The topological polar surface area (TPSA) is 76.7 Å². The second-order valence-electron chi connectivity index (χ2n) is 6.17. The highest BCUT2D eigenvalue weighted by Crippen LogP contribution is 2.35. The number of nitrogens with zero attached hydrogens (tertiary/aromatic N) is 3. The van der Waals surface area contributed by atoms with E-state index in [1.54, 1.807) is 30.7 Å². The normalized spacial score (nSPS) is 12.0. The molecule has 0 saturated carbocycles. The van der Waals surface area contributed by atoms with Crippen LogP contribution in [0.2, 0.25) is 5.02 Å². The first-order chi connectivity index (χ1) is 14.1. The fourth-order valence-electron chi connectivity index (χ4n) is 2.77. The Morgan fingerprint density at radius 1 is 1.31 bits per heavy atom. The number of ether oxygens (including phenoxy) is 1. The Hall–Kier alpha value is -2.97. The molecule has 148 valence electrons. The highest BCUT2D eigenvalue weighted by molar-refractivity contribution is 7.15. The lowest BCUT2D eigenvalue weighted by Crippen LogP contribution is -2.22. The van der Waals surface area contributed by atoms with Crippen LogP contribution >= 0.6 is 22.9 Å². The summed E-state index contributed by atoms with van der Waals surface area (Å²) in [7, 11) is 0. The zero-order valence-electron chi connectivity index (χ0n) is 15.0. The molecule has 3 aromatic heterocycles. The summed E-state index contributed by atoms with van der Waals surface area (Å²) in [4.78, 5) is 21.8. The lowest BCUT2D eigenvalue weighted by atomic mass is 10.2. The van der Waals surface area contributed by atoms with Crippen LogP contribution in [0.3, 0.4) is 0 Å². The van der Waals surface area contributed by atoms with Gasteiger partial charge < -0.3 is 9.84 Å². The van der Waals surface area contributed by atoms with Crippen LogP contribution in [-0.4, -0.2) is 32.8 Å². The molecule has 1 aromatic carbocycles. The number of halogens is 2. The highest BCUT2D eigenvalue weighted by atomic mass is 35.5. The Kier molecular flexibility index (Phi) is 5.46. The molecular formula is C20H15ClFN3O3S. The molecule has 0 radical (unpaired) electrons. The summed E-state index contributed by atoms with van der Waals surface area (Å²) in [6.45, 7) is -0.405. The van der Waals surface area contributed by atoms with E-state index in [0.29, 0.717) is 20.8 Å². The molecule has 0 spiro atoms. The Bertz CT molecular complexity index is 1270. The molecule has 0 aliphatic carbocycles. The quantitative estimate of drug-likeness (QED) is 0.473. The number of hydrogen-bond acceptors (Lipinski definition) is 6. The van der Waals surface area contributed by atoms with Crippen molar-refractivity contribution >= 4 is 34.0 Å². The first-order valence-corrected chi connectivity index (χ1v) is 9.91. The summed E-state index contributed by atoms with van der Waals surface area (Å²) in [5.41, 5.74) is 1.95. The lowest BCUT2D eigenvalue weighted by Gasteiger charge is -2.09. The summed E-state index contributed by atoms with van der Waals surface area (Å²) in [6, 6.07) is 6.74. The average molecular weight is 432 g/mol. The van der Waals surface area contributed by atoms with E-state index in [2.05, 4.69) is 9.97 Å². The number of fused-ring (bicyclic) bond motifs is 1. The number of phenols is 1. The first kappa shape index (κ1) is 19.4. The SMILES string of the molecule is O=c1/c(=C/c2cc(Cl)c(O)c(OCCCF)c2)sc2nc(-c3ccncc3)cn12. The molecule has 4 rings (SSSR count). The molecule has 0 unspecified atom stereocenters. The maximum atomic E-state index is 12.8. The number of aromatic hydroxyl groups is 1. The molecule has 29 heavy (non-hydrogen) atoms. The minimum absolute atomic E-state index is 0.0859. The van der Waals surface area contributed by atoms with Gasteiger partial charge in [-0.15, -0.1) is 0 Å². The maximum Gasteiger partial charge on any atom is 0.274 e. The zero-order valence-corrected chi connectivity index (χ0v) is 16.6. The molecule has 0 amide bonds. The third-order valence-electron chi connectivity index (χ3n) is 4.16. The Morgan fingerprint density at radius 2 is 2.10 bits per heavy atom. The number of hydrogen-bond donors (Lipinski definition) is 1. The van der Waals surface area contributed by atoms with Crippen LogP contribution in [0.1, 0.15) is 12.0 Å². The van der Waals surface area contributed by atoms with Crippen molar-refractivity contribution in [1.29, 1.82) is 0 Å². The van der Waals surface area contributed by atoms with Gasteiger partial charge in [-0.3, -0.25) is 18.6 Å². The number of imidazole rings is 1. The van der Waals surface area contributed by atoms with Crippen LogP contribution in [0.5, 0.6) is 11.5 Å². The summed E-state index contributed by atoms with van der Waals surface area (Å²) in [5, 5.41) is 10.1. The van der Waals surface area contributed by atoms with Crippen molar-refractivity contribution in [2.24, 2.45) is 0 Å². The predicted molar refractivity (Wildman–Crippen MR) is 111 cm³/mol. The largest absolute Gasteiger partial charge is 0.503 e. The van der Waals surface area contributed by atoms with Crippen LogP contribution in [-0.2, 0) is 0 Å². The summed E-state index contributed by atoms with van der Waals surface area (Å²) < 4.78 is 19.6. The monoisotopic (exact) mass is 431 g/mol. The van der Waals surface area contributed by atoms with E-state index in [1.165, 1.54) is 21.8 Å². The van der Waals surface area contributed by atoms with E-state index >= 15 is 0 Å². The molecule has 1 N–H and O–H groups in total. The van der Waals surface area contributed by atoms with Crippen molar-refractivity contribution in [3.8, 4) is 22.8 Å². The van der Waals surface area contributed by atoms with Gasteiger partial charge in [-0.2, -0.15) is 0 Å². The van der Waals surface area contributed by atoms with Gasteiger partial charge in [0.25, 0.3) is 5.56 Å². The second-order valence-corrected chi connectivity index (χ2v) is 7.59. The van der Waals surface area contributed by atoms with E-state index in [0.717, 1.165) is 5.56 Å². The number of rotatable bonds is 6. The minimum atomic E-state index is -0.518. The third kappa shape index (κ3) is 3.94. The molecule has 0 saturated heterocycles. The molecule has 4 aromatic rings. The van der Waals surface area contributed by atoms with Gasteiger partial charge in [0.15, 0.2) is 16.5 Å². The number of thiazole rings is 1. The maximum absolute atomic E-state index is 12.8. The number of benzene rings is 1. The zero-order chi connectivity index (χ0) is 20.4. The van der Waals surface area contributed by atoms with Gasteiger partial charge in [0.2, 0.25) is 0 Å². The molecule has 9 heteroatoms. The molecule has 3 heterocycles. The van der Waals surface area contributed by atoms with Gasteiger partial charge in [-0.05, 0) is 35.9 Å². The van der Waals surface area contributed by atoms with Crippen molar-refractivity contribution in [3.05, 3.63) is 68.3 Å². The molecule has 0 aliphatic rings. The summed E-state index contributed by atoms with van der Waals surface area (Å²) in [6.07, 6.45) is 6.89. The van der Waals surface area contributed by atoms with Crippen molar-refractivity contribution < 1.29 is 14.2 Å². The summed E-state index contributed by atoms with van der Waals surface area (Å²) in [5.74, 6) is -0.0704. The number of alkyl halides is 1. The minimum Gasteiger partial charge on any atom is -0.503 e.